The number of carbonyl (C=O) groups excluding carboxylic acids is 2. The van der Waals surface area contributed by atoms with Crippen molar-refractivity contribution in [3.63, 3.8) is 0 Å². The van der Waals surface area contributed by atoms with Crippen molar-refractivity contribution in [2.24, 2.45) is 11.8 Å². The van der Waals surface area contributed by atoms with Crippen molar-refractivity contribution in [1.29, 1.82) is 0 Å². The molecule has 0 radical (unpaired) electrons. The first-order valence-corrected chi connectivity index (χ1v) is 5.74. The van der Waals surface area contributed by atoms with Crippen LogP contribution in [0.15, 0.2) is 12.1 Å². The summed E-state index contributed by atoms with van der Waals surface area (Å²) >= 11 is 0. The molecule has 1 fully saturated rings. The quantitative estimate of drug-likeness (QED) is 0.534. The molecule has 0 amide bonds. The number of allylic oxidation sites excluding steroid dienone is 2. The van der Waals surface area contributed by atoms with Crippen LogP contribution in [-0.2, 0) is 14.3 Å². The van der Waals surface area contributed by atoms with Crippen LogP contribution in [0.5, 0.6) is 0 Å². The Hall–Kier alpha value is -1.12. The zero-order valence-corrected chi connectivity index (χ0v) is 9.91. The number of hydrogen-bond acceptors (Lipinski definition) is 3. The Balaban J connectivity index is 2.71. The summed E-state index contributed by atoms with van der Waals surface area (Å²) in [6.07, 6.45) is 2.18. The number of ether oxygens (including phenoxy) is 1. The molecular formula is C13H20O3. The van der Waals surface area contributed by atoms with Gasteiger partial charge < -0.3 is 4.74 Å². The van der Waals surface area contributed by atoms with Crippen molar-refractivity contribution in [3.05, 3.63) is 12.1 Å². The molecular weight excluding hydrogens is 204 g/mol. The van der Waals surface area contributed by atoms with Crippen LogP contribution in [0.3, 0.4) is 0 Å². The third-order valence-corrected chi connectivity index (χ3v) is 3.02. The van der Waals surface area contributed by atoms with Gasteiger partial charge in [-0.05, 0) is 25.2 Å². The van der Waals surface area contributed by atoms with Gasteiger partial charge in [-0.1, -0.05) is 19.0 Å². The molecule has 0 aromatic carbocycles. The highest BCUT2D eigenvalue weighted by molar-refractivity contribution is 5.84. The number of methoxy groups -OCH3 is 1. The fraction of sp³-hybridized carbons (Fsp3) is 0.692. The summed E-state index contributed by atoms with van der Waals surface area (Å²) in [5.74, 6) is -0.521. The smallest absolute Gasteiger partial charge is 0.305 e. The van der Waals surface area contributed by atoms with Crippen molar-refractivity contribution in [2.45, 2.75) is 39.0 Å². The van der Waals surface area contributed by atoms with Gasteiger partial charge in [-0.3, -0.25) is 9.59 Å². The third-order valence-electron chi connectivity index (χ3n) is 3.02. The average molecular weight is 226 g/mol. The molecule has 1 saturated carbocycles. The Morgan fingerprint density at radius 3 is 3.00 bits per heavy atom. The Morgan fingerprint density at radius 2 is 2.38 bits per heavy atom. The van der Waals surface area contributed by atoms with E-state index in [-0.39, 0.29) is 48.5 Å². The fourth-order valence-corrected chi connectivity index (χ4v) is 2.11. The maximum Gasteiger partial charge on any atom is 0.305 e. The Bertz CT molecular complexity index is 363. The summed E-state index contributed by atoms with van der Waals surface area (Å²) in [5, 5.41) is 0. The SMILES string of the molecule is [2H]/C(CC)=C(\[2H])CC1C(=O)CCC1CC(=O)OC. The lowest BCUT2D eigenvalue weighted by molar-refractivity contribution is -0.142. The molecule has 1 aliphatic rings. The van der Waals surface area contributed by atoms with Crippen LogP contribution < -0.4 is 0 Å². The highest BCUT2D eigenvalue weighted by Gasteiger charge is 2.34. The molecule has 1 aliphatic carbocycles. The van der Waals surface area contributed by atoms with E-state index in [1.807, 2.05) is 6.92 Å². The van der Waals surface area contributed by atoms with Gasteiger partial charge in [0.25, 0.3) is 0 Å². The van der Waals surface area contributed by atoms with Gasteiger partial charge >= 0.3 is 5.97 Å². The van der Waals surface area contributed by atoms with E-state index in [1.54, 1.807) is 0 Å². The molecule has 0 aromatic heterocycles. The van der Waals surface area contributed by atoms with Crippen LogP contribution in [0, 0.1) is 11.8 Å². The highest BCUT2D eigenvalue weighted by atomic mass is 16.5. The molecule has 3 nitrogen and oxygen atoms in total. The molecule has 0 heterocycles. The molecule has 0 saturated heterocycles. The molecule has 0 bridgehead atoms. The lowest BCUT2D eigenvalue weighted by Gasteiger charge is -2.15. The topological polar surface area (TPSA) is 43.4 Å². The monoisotopic (exact) mass is 226 g/mol. The van der Waals surface area contributed by atoms with E-state index in [9.17, 15) is 9.59 Å². The molecule has 90 valence electrons. The molecule has 0 aliphatic heterocycles. The predicted molar refractivity (Wildman–Crippen MR) is 61.9 cm³/mol. The third kappa shape index (κ3) is 3.47. The van der Waals surface area contributed by atoms with E-state index in [4.69, 9.17) is 2.74 Å². The van der Waals surface area contributed by atoms with Gasteiger partial charge in [-0.25, -0.2) is 0 Å². The fourth-order valence-electron chi connectivity index (χ4n) is 2.11. The van der Waals surface area contributed by atoms with Crippen LogP contribution in [0.4, 0.5) is 0 Å². The largest absolute Gasteiger partial charge is 0.469 e. The molecule has 2 unspecified atom stereocenters. The average Bonchev–Trinajstić information content (AvgIpc) is 2.70. The summed E-state index contributed by atoms with van der Waals surface area (Å²) in [7, 11) is 1.34. The Morgan fingerprint density at radius 1 is 1.62 bits per heavy atom. The lowest BCUT2D eigenvalue weighted by atomic mass is 9.89. The van der Waals surface area contributed by atoms with Gasteiger partial charge in [0, 0.05) is 18.8 Å². The van der Waals surface area contributed by atoms with Crippen molar-refractivity contribution in [2.75, 3.05) is 7.11 Å². The second kappa shape index (κ2) is 6.46. The van der Waals surface area contributed by atoms with E-state index in [1.165, 1.54) is 7.11 Å². The molecule has 3 heteroatoms. The van der Waals surface area contributed by atoms with Gasteiger partial charge in [-0.2, -0.15) is 0 Å². The highest BCUT2D eigenvalue weighted by Crippen LogP contribution is 2.34. The number of rotatable bonds is 5. The molecule has 1 rings (SSSR count). The van der Waals surface area contributed by atoms with Crippen molar-refractivity contribution < 1.29 is 17.1 Å². The summed E-state index contributed by atoms with van der Waals surface area (Å²) in [6.45, 7) is 1.82. The van der Waals surface area contributed by atoms with Gasteiger partial charge in [0.1, 0.15) is 5.78 Å². The normalized spacial score (nSPS) is 28.2. The van der Waals surface area contributed by atoms with Gasteiger partial charge in [0.15, 0.2) is 0 Å². The number of hydrogen-bond donors (Lipinski definition) is 0. The minimum absolute atomic E-state index is 0.0324. The van der Waals surface area contributed by atoms with Crippen LogP contribution >= 0.6 is 0 Å². The second-order valence-corrected chi connectivity index (χ2v) is 4.06. The second-order valence-electron chi connectivity index (χ2n) is 4.06. The number of carbonyl (C=O) groups is 2. The molecule has 0 spiro atoms. The summed E-state index contributed by atoms with van der Waals surface area (Å²) in [5.41, 5.74) is 0. The van der Waals surface area contributed by atoms with Crippen LogP contribution in [0.2, 0.25) is 0 Å². The molecule has 16 heavy (non-hydrogen) atoms. The minimum Gasteiger partial charge on any atom is -0.469 e. The zero-order chi connectivity index (χ0) is 13.7. The van der Waals surface area contributed by atoms with E-state index in [0.29, 0.717) is 19.3 Å². The van der Waals surface area contributed by atoms with E-state index >= 15 is 0 Å². The summed E-state index contributed by atoms with van der Waals surface area (Å²) in [6, 6.07) is 0.485. The van der Waals surface area contributed by atoms with Gasteiger partial charge in [0.05, 0.1) is 9.85 Å². The first kappa shape index (κ1) is 10.1. The number of Topliss-reactive ketones (excluding diaryl/α,β-unsaturated/α-hetero) is 1. The summed E-state index contributed by atoms with van der Waals surface area (Å²) in [4.78, 5) is 23.0. The Kier molecular flexibility index (Phi) is 4.06. The number of ketones is 1. The first-order chi connectivity index (χ1) is 8.49. The summed E-state index contributed by atoms with van der Waals surface area (Å²) < 4.78 is 20.0. The van der Waals surface area contributed by atoms with Crippen LogP contribution in [0.25, 0.3) is 0 Å². The maximum atomic E-state index is 11.8. The Labute approximate surface area is 99.7 Å². The van der Waals surface area contributed by atoms with Crippen molar-refractivity contribution in [1.82, 2.24) is 0 Å². The molecule has 0 N–H and O–H groups in total. The first-order valence-electron chi connectivity index (χ1n) is 6.74. The van der Waals surface area contributed by atoms with Gasteiger partial charge in [0.2, 0.25) is 0 Å². The maximum absolute atomic E-state index is 11.8. The van der Waals surface area contributed by atoms with E-state index in [2.05, 4.69) is 4.74 Å². The van der Waals surface area contributed by atoms with E-state index in [0.717, 1.165) is 0 Å². The molecule has 0 aromatic rings. The van der Waals surface area contributed by atoms with Crippen molar-refractivity contribution in [3.8, 4) is 0 Å². The standard InChI is InChI=1S/C13H20O3/c1-3-4-5-6-11-10(7-8-12(11)14)9-13(15)16-2/h4-5,10-11H,3,6-9H2,1-2H3/b5-4-/i4D,5D. The van der Waals surface area contributed by atoms with Gasteiger partial charge in [-0.15, -0.1) is 0 Å². The molecule has 2 atom stereocenters. The van der Waals surface area contributed by atoms with Crippen molar-refractivity contribution >= 4 is 11.8 Å². The lowest BCUT2D eigenvalue weighted by Crippen LogP contribution is -2.18. The minimum atomic E-state index is -0.309. The van der Waals surface area contributed by atoms with E-state index < -0.39 is 0 Å². The van der Waals surface area contributed by atoms with Crippen LogP contribution in [0.1, 0.15) is 41.8 Å². The predicted octanol–water partition coefficient (Wildman–Crippen LogP) is 2.50. The number of esters is 1. The van der Waals surface area contributed by atoms with Crippen LogP contribution in [-0.4, -0.2) is 18.9 Å². The zero-order valence-electron chi connectivity index (χ0n) is 11.9.